The molecule has 1 aliphatic carbocycles. The minimum Gasteiger partial charge on any atom is -0.390 e. The zero-order chi connectivity index (χ0) is 17.2. The van der Waals surface area contributed by atoms with Gasteiger partial charge in [-0.05, 0) is 25.0 Å². The number of aromatic amines is 1. The Morgan fingerprint density at radius 1 is 1.32 bits per heavy atom. The molecule has 8 nitrogen and oxygen atoms in total. The normalized spacial score (nSPS) is 22.1. The van der Waals surface area contributed by atoms with Crippen molar-refractivity contribution in [2.75, 3.05) is 26.2 Å². The van der Waals surface area contributed by atoms with Gasteiger partial charge in [0, 0.05) is 56.7 Å². The van der Waals surface area contributed by atoms with Crippen molar-refractivity contribution >= 4 is 5.91 Å². The van der Waals surface area contributed by atoms with Gasteiger partial charge in [-0.1, -0.05) is 0 Å². The number of hydrogen-bond donors (Lipinski definition) is 2. The van der Waals surface area contributed by atoms with Crippen molar-refractivity contribution in [1.82, 2.24) is 29.8 Å². The SMILES string of the molecule is O=C(Cn1cccn1)N1CCN(Cc2cc(C3CC3)n[nH]2)CC(O)C1. The van der Waals surface area contributed by atoms with Crippen LogP contribution in [0.5, 0.6) is 0 Å². The molecule has 1 amide bonds. The summed E-state index contributed by atoms with van der Waals surface area (Å²) in [5.41, 5.74) is 2.23. The summed E-state index contributed by atoms with van der Waals surface area (Å²) in [6.07, 6.45) is 5.36. The van der Waals surface area contributed by atoms with Gasteiger partial charge < -0.3 is 10.0 Å². The highest BCUT2D eigenvalue weighted by atomic mass is 16.3. The lowest BCUT2D eigenvalue weighted by Crippen LogP contribution is -2.39. The lowest BCUT2D eigenvalue weighted by molar-refractivity contribution is -0.132. The second-order valence-corrected chi connectivity index (χ2v) is 7.02. The van der Waals surface area contributed by atoms with Gasteiger partial charge in [0.05, 0.1) is 11.8 Å². The largest absolute Gasteiger partial charge is 0.390 e. The number of aliphatic hydroxyl groups is 1. The third kappa shape index (κ3) is 4.08. The monoisotopic (exact) mass is 344 g/mol. The number of carbonyl (C=O) groups is 1. The number of aromatic nitrogens is 4. The van der Waals surface area contributed by atoms with E-state index < -0.39 is 6.10 Å². The molecule has 0 bridgehead atoms. The summed E-state index contributed by atoms with van der Waals surface area (Å²) in [5.74, 6) is 0.622. The van der Waals surface area contributed by atoms with Crippen LogP contribution in [0.25, 0.3) is 0 Å². The van der Waals surface area contributed by atoms with Gasteiger partial charge in [0.25, 0.3) is 0 Å². The first kappa shape index (κ1) is 16.3. The van der Waals surface area contributed by atoms with Gasteiger partial charge in [-0.25, -0.2) is 0 Å². The fourth-order valence-corrected chi connectivity index (χ4v) is 3.35. The Balaban J connectivity index is 1.34. The van der Waals surface area contributed by atoms with Crippen molar-refractivity contribution in [2.24, 2.45) is 0 Å². The molecule has 1 aliphatic heterocycles. The number of β-amino-alcohol motifs (C(OH)–C–C–N with tert-alkyl or cyclic N) is 1. The van der Waals surface area contributed by atoms with E-state index in [1.165, 1.54) is 12.8 Å². The van der Waals surface area contributed by atoms with Crippen LogP contribution in [-0.2, 0) is 17.9 Å². The molecule has 1 unspecified atom stereocenters. The second kappa shape index (κ2) is 6.97. The highest BCUT2D eigenvalue weighted by Crippen LogP contribution is 2.39. The Kier molecular flexibility index (Phi) is 4.54. The van der Waals surface area contributed by atoms with E-state index in [-0.39, 0.29) is 12.5 Å². The maximum Gasteiger partial charge on any atom is 0.244 e. The number of carbonyl (C=O) groups excluding carboxylic acids is 1. The third-order valence-corrected chi connectivity index (χ3v) is 4.84. The summed E-state index contributed by atoms with van der Waals surface area (Å²) in [6, 6.07) is 3.93. The Labute approximate surface area is 146 Å². The van der Waals surface area contributed by atoms with Crippen LogP contribution >= 0.6 is 0 Å². The molecule has 1 atom stereocenters. The minimum atomic E-state index is -0.546. The molecule has 2 N–H and O–H groups in total. The topological polar surface area (TPSA) is 90.3 Å². The number of hydrogen-bond acceptors (Lipinski definition) is 5. The molecular weight excluding hydrogens is 320 g/mol. The van der Waals surface area contributed by atoms with Gasteiger partial charge in [-0.15, -0.1) is 0 Å². The summed E-state index contributed by atoms with van der Waals surface area (Å²) in [5, 5.41) is 21.9. The van der Waals surface area contributed by atoms with E-state index in [4.69, 9.17) is 0 Å². The average Bonchev–Trinajstić information content (AvgIpc) is 3.18. The van der Waals surface area contributed by atoms with E-state index in [2.05, 4.69) is 26.3 Å². The molecule has 1 saturated heterocycles. The number of rotatable bonds is 5. The summed E-state index contributed by atoms with van der Waals surface area (Å²) in [4.78, 5) is 16.3. The van der Waals surface area contributed by atoms with Crippen molar-refractivity contribution in [3.8, 4) is 0 Å². The van der Waals surface area contributed by atoms with Crippen LogP contribution in [0.4, 0.5) is 0 Å². The van der Waals surface area contributed by atoms with E-state index in [0.29, 0.717) is 25.6 Å². The first-order valence-corrected chi connectivity index (χ1v) is 8.87. The van der Waals surface area contributed by atoms with E-state index in [0.717, 1.165) is 24.5 Å². The van der Waals surface area contributed by atoms with Crippen LogP contribution in [0.2, 0.25) is 0 Å². The molecule has 134 valence electrons. The molecule has 0 radical (unpaired) electrons. The lowest BCUT2D eigenvalue weighted by atomic mass is 10.2. The summed E-state index contributed by atoms with van der Waals surface area (Å²) in [6.45, 7) is 3.21. The van der Waals surface area contributed by atoms with Gasteiger partial charge >= 0.3 is 0 Å². The van der Waals surface area contributed by atoms with Crippen molar-refractivity contribution < 1.29 is 9.90 Å². The predicted molar refractivity (Wildman–Crippen MR) is 90.7 cm³/mol. The van der Waals surface area contributed by atoms with Crippen molar-refractivity contribution in [1.29, 1.82) is 0 Å². The van der Waals surface area contributed by atoms with E-state index in [1.807, 2.05) is 0 Å². The number of nitrogens with zero attached hydrogens (tertiary/aromatic N) is 5. The van der Waals surface area contributed by atoms with Crippen LogP contribution in [0.3, 0.4) is 0 Å². The van der Waals surface area contributed by atoms with Gasteiger partial charge in [-0.2, -0.15) is 10.2 Å². The molecule has 0 spiro atoms. The van der Waals surface area contributed by atoms with Crippen LogP contribution < -0.4 is 0 Å². The molecule has 2 aromatic heterocycles. The molecular formula is C17H24N6O2. The molecule has 2 fully saturated rings. The first-order valence-electron chi connectivity index (χ1n) is 8.87. The minimum absolute atomic E-state index is 0.0119. The molecule has 4 rings (SSSR count). The van der Waals surface area contributed by atoms with Gasteiger partial charge in [0.2, 0.25) is 5.91 Å². The maximum absolute atomic E-state index is 12.4. The summed E-state index contributed by atoms with van der Waals surface area (Å²) in [7, 11) is 0. The number of aliphatic hydroxyl groups excluding tert-OH is 1. The third-order valence-electron chi connectivity index (χ3n) is 4.84. The highest BCUT2D eigenvalue weighted by Gasteiger charge is 2.27. The number of amides is 1. The zero-order valence-corrected chi connectivity index (χ0v) is 14.2. The van der Waals surface area contributed by atoms with Crippen LogP contribution in [0, 0.1) is 0 Å². The van der Waals surface area contributed by atoms with Crippen molar-refractivity contribution in [3.05, 3.63) is 35.9 Å². The standard InChI is InChI=1S/C17H24N6O2/c24-15-10-21(9-14-8-16(20-19-14)13-2-3-13)6-7-22(11-15)17(25)12-23-5-1-4-18-23/h1,4-5,8,13,15,24H,2-3,6-7,9-12H2,(H,19,20). The number of nitrogens with one attached hydrogen (secondary N) is 1. The molecule has 2 aliphatic rings. The molecule has 0 aromatic carbocycles. The Bertz CT molecular complexity index is 709. The van der Waals surface area contributed by atoms with E-state index in [9.17, 15) is 9.90 Å². The quantitative estimate of drug-likeness (QED) is 0.808. The van der Waals surface area contributed by atoms with Gasteiger partial charge in [0.1, 0.15) is 6.54 Å². The maximum atomic E-state index is 12.4. The predicted octanol–water partition coefficient (Wildman–Crippen LogP) is 0.189. The highest BCUT2D eigenvalue weighted by molar-refractivity contribution is 5.76. The summed E-state index contributed by atoms with van der Waals surface area (Å²) < 4.78 is 1.61. The fourth-order valence-electron chi connectivity index (χ4n) is 3.35. The van der Waals surface area contributed by atoms with Crippen LogP contribution in [0.15, 0.2) is 24.5 Å². The number of H-pyrrole nitrogens is 1. The van der Waals surface area contributed by atoms with Crippen molar-refractivity contribution in [2.45, 2.75) is 38.0 Å². The van der Waals surface area contributed by atoms with Gasteiger partial charge in [-0.3, -0.25) is 19.5 Å². The smallest absolute Gasteiger partial charge is 0.244 e. The van der Waals surface area contributed by atoms with Crippen molar-refractivity contribution in [3.63, 3.8) is 0 Å². The molecule has 8 heteroatoms. The van der Waals surface area contributed by atoms with Gasteiger partial charge in [0.15, 0.2) is 0 Å². The fraction of sp³-hybridized carbons (Fsp3) is 0.588. The molecule has 1 saturated carbocycles. The Hall–Kier alpha value is -2.19. The van der Waals surface area contributed by atoms with E-state index >= 15 is 0 Å². The van der Waals surface area contributed by atoms with Crippen LogP contribution in [0.1, 0.15) is 30.1 Å². The zero-order valence-electron chi connectivity index (χ0n) is 14.2. The molecule has 3 heterocycles. The van der Waals surface area contributed by atoms with E-state index in [1.54, 1.807) is 28.0 Å². The average molecular weight is 344 g/mol. The Morgan fingerprint density at radius 2 is 2.20 bits per heavy atom. The Morgan fingerprint density at radius 3 is 2.96 bits per heavy atom. The molecule has 2 aromatic rings. The first-order chi connectivity index (χ1) is 12.2. The lowest BCUT2D eigenvalue weighted by Gasteiger charge is -2.21. The molecule has 25 heavy (non-hydrogen) atoms. The van der Waals surface area contributed by atoms with Crippen LogP contribution in [-0.4, -0.2) is 73.1 Å². The second-order valence-electron chi connectivity index (χ2n) is 7.02. The summed E-state index contributed by atoms with van der Waals surface area (Å²) >= 11 is 0.